The molecule has 11 atom stereocenters. The molecule has 0 aromatic carbocycles. The van der Waals surface area contributed by atoms with Crippen LogP contribution in [0, 0.1) is 35.5 Å². The predicted molar refractivity (Wildman–Crippen MR) is 158 cm³/mol. The van der Waals surface area contributed by atoms with E-state index in [9.17, 15) is 24.9 Å². The Balaban J connectivity index is 2.74. The molecule has 1 aliphatic rings. The maximum Gasteiger partial charge on any atom is 0.404 e. The summed E-state index contributed by atoms with van der Waals surface area (Å²) < 4.78 is 10.7. The molecule has 1 aliphatic heterocycles. The van der Waals surface area contributed by atoms with Crippen molar-refractivity contribution in [3.05, 3.63) is 60.8 Å². The molecule has 40 heavy (non-hydrogen) atoms. The molecule has 5 N–H and O–H groups in total. The molecule has 0 aromatic heterocycles. The summed E-state index contributed by atoms with van der Waals surface area (Å²) in [6.07, 6.45) is 10.7. The van der Waals surface area contributed by atoms with Crippen molar-refractivity contribution < 1.29 is 34.4 Å². The monoisotopic (exact) mass is 561 g/mol. The Hall–Kier alpha value is -2.68. The summed E-state index contributed by atoms with van der Waals surface area (Å²) in [5, 5.41) is 32.4. The molecule has 0 fully saturated rings. The first-order chi connectivity index (χ1) is 18.7. The topological polar surface area (TPSA) is 139 Å². The second-order valence-corrected chi connectivity index (χ2v) is 11.5. The van der Waals surface area contributed by atoms with Crippen LogP contribution in [0.15, 0.2) is 60.8 Å². The van der Waals surface area contributed by atoms with E-state index in [0.29, 0.717) is 12.8 Å². The number of aliphatic hydroxyl groups is 3. The molecule has 1 heterocycles. The number of carbonyl (C=O) groups excluding carboxylic acids is 2. The molecular formula is C32H51NO7. The van der Waals surface area contributed by atoms with Crippen LogP contribution >= 0.6 is 0 Å². The Bertz CT molecular complexity index is 940. The summed E-state index contributed by atoms with van der Waals surface area (Å²) in [6.45, 7) is 17.1. The third-order valence-corrected chi connectivity index (χ3v) is 7.73. The largest absolute Gasteiger partial charge is 0.458 e. The number of ether oxygens (including phenoxy) is 2. The first-order valence-electron chi connectivity index (χ1n) is 14.2. The highest BCUT2D eigenvalue weighted by Crippen LogP contribution is 2.29. The Morgan fingerprint density at radius 2 is 1.73 bits per heavy atom. The summed E-state index contributed by atoms with van der Waals surface area (Å²) in [7, 11) is 0. The van der Waals surface area contributed by atoms with Crippen molar-refractivity contribution in [1.29, 1.82) is 0 Å². The molecule has 0 unspecified atom stereocenters. The lowest BCUT2D eigenvalue weighted by molar-refractivity contribution is -0.147. The number of rotatable bonds is 16. The van der Waals surface area contributed by atoms with Crippen LogP contribution in [0.3, 0.4) is 0 Å². The molecule has 226 valence electrons. The first-order valence-corrected chi connectivity index (χ1v) is 14.2. The van der Waals surface area contributed by atoms with Gasteiger partial charge in [-0.3, -0.25) is 0 Å². The van der Waals surface area contributed by atoms with Gasteiger partial charge in [0.15, 0.2) is 0 Å². The van der Waals surface area contributed by atoms with E-state index in [4.69, 9.17) is 15.2 Å². The van der Waals surface area contributed by atoms with E-state index in [1.807, 2.05) is 60.6 Å². The van der Waals surface area contributed by atoms with Crippen molar-refractivity contribution in [3.63, 3.8) is 0 Å². The number of esters is 1. The van der Waals surface area contributed by atoms with Crippen molar-refractivity contribution in [2.45, 2.75) is 91.8 Å². The quantitative estimate of drug-likeness (QED) is 0.120. The SMILES string of the molecule is C=C/C=C\[C@H](C)[C@H](OC(N)=O)[C@@H](C)[C@H](O)[C@@H](C)C/C(C)=C\[C@H](C)[C@@H](O)[C@@H](C)/C=C\[C@@H](O)C[C@H]1OC(=O)C=C[C@@H]1C. The fraction of sp³-hybridized carbons (Fsp3) is 0.625. The van der Waals surface area contributed by atoms with Crippen LogP contribution < -0.4 is 5.73 Å². The lowest BCUT2D eigenvalue weighted by Gasteiger charge is -2.33. The molecule has 0 radical (unpaired) electrons. The number of nitrogens with two attached hydrogens (primary N) is 1. The standard InChI is InChI=1S/C32H51NO7/c1-9-10-11-22(5)31(40-32(33)38)25(8)30(37)24(7)17-19(2)16-23(6)29(36)21(4)12-14-26(34)18-27-20(3)13-15-28(35)39-27/h9-16,20-27,29-31,34,36-37H,1,17-18H2,2-8H3,(H2,33,38)/b11-10-,14-12-,19-16-/t20-,21-,22-,23-,24-,25-,26+,27+,29-,30+,31-/m0/s1. The zero-order valence-corrected chi connectivity index (χ0v) is 25.1. The van der Waals surface area contributed by atoms with E-state index >= 15 is 0 Å². The summed E-state index contributed by atoms with van der Waals surface area (Å²) in [6, 6.07) is 0. The fourth-order valence-electron chi connectivity index (χ4n) is 5.27. The number of allylic oxidation sites excluding steroid dienone is 3. The highest BCUT2D eigenvalue weighted by Gasteiger charge is 2.33. The maximum atomic E-state index is 11.5. The zero-order chi connectivity index (χ0) is 30.6. The Morgan fingerprint density at radius 3 is 2.33 bits per heavy atom. The highest BCUT2D eigenvalue weighted by molar-refractivity contribution is 5.82. The molecule has 8 heteroatoms. The lowest BCUT2D eigenvalue weighted by atomic mass is 9.81. The second kappa shape index (κ2) is 17.2. The summed E-state index contributed by atoms with van der Waals surface area (Å²) in [4.78, 5) is 23.0. The number of primary amides is 1. The minimum absolute atomic E-state index is 0.0276. The average molecular weight is 562 g/mol. The van der Waals surface area contributed by atoms with Gasteiger partial charge in [-0.2, -0.15) is 0 Å². The molecular weight excluding hydrogens is 510 g/mol. The van der Waals surface area contributed by atoms with Gasteiger partial charge in [-0.1, -0.05) is 96.2 Å². The Labute approximate surface area is 240 Å². The molecule has 8 nitrogen and oxygen atoms in total. The van der Waals surface area contributed by atoms with Gasteiger partial charge in [0.1, 0.15) is 12.2 Å². The lowest BCUT2D eigenvalue weighted by Crippen LogP contribution is -2.41. The third kappa shape index (κ3) is 11.8. The van der Waals surface area contributed by atoms with Crippen molar-refractivity contribution in [2.24, 2.45) is 41.2 Å². The minimum atomic E-state index is -0.880. The Morgan fingerprint density at radius 1 is 1.07 bits per heavy atom. The normalized spacial score (nSPS) is 24.9. The highest BCUT2D eigenvalue weighted by atomic mass is 16.6. The molecule has 1 amide bonds. The van der Waals surface area contributed by atoms with E-state index in [0.717, 1.165) is 5.57 Å². The molecule has 0 bridgehead atoms. The number of cyclic esters (lactones) is 1. The third-order valence-electron chi connectivity index (χ3n) is 7.73. The van der Waals surface area contributed by atoms with Crippen molar-refractivity contribution in [3.8, 4) is 0 Å². The molecule has 1 rings (SSSR count). The number of carbonyl (C=O) groups is 2. The molecule has 0 aliphatic carbocycles. The molecule has 0 spiro atoms. The number of hydrogen-bond acceptors (Lipinski definition) is 7. The van der Waals surface area contributed by atoms with E-state index in [-0.39, 0.29) is 41.6 Å². The zero-order valence-electron chi connectivity index (χ0n) is 25.1. The van der Waals surface area contributed by atoms with Crippen LogP contribution in [0.5, 0.6) is 0 Å². The summed E-state index contributed by atoms with van der Waals surface area (Å²) >= 11 is 0. The van der Waals surface area contributed by atoms with Gasteiger partial charge in [0.05, 0.1) is 18.3 Å². The van der Waals surface area contributed by atoms with Crippen LogP contribution in [0.25, 0.3) is 0 Å². The number of aliphatic hydroxyl groups excluding tert-OH is 3. The van der Waals surface area contributed by atoms with E-state index in [1.165, 1.54) is 6.08 Å². The Kier molecular flexibility index (Phi) is 15.2. The van der Waals surface area contributed by atoms with Crippen LogP contribution in [-0.2, 0) is 14.3 Å². The van der Waals surface area contributed by atoms with E-state index < -0.39 is 36.5 Å². The van der Waals surface area contributed by atoms with Gasteiger partial charge in [0.2, 0.25) is 0 Å². The average Bonchev–Trinajstić information content (AvgIpc) is 2.89. The number of hydrogen-bond donors (Lipinski definition) is 4. The molecule has 0 aromatic rings. The van der Waals surface area contributed by atoms with Gasteiger partial charge in [-0.25, -0.2) is 9.59 Å². The van der Waals surface area contributed by atoms with Crippen molar-refractivity contribution >= 4 is 12.1 Å². The van der Waals surface area contributed by atoms with E-state index in [2.05, 4.69) is 6.58 Å². The van der Waals surface area contributed by atoms with Crippen LogP contribution in [0.2, 0.25) is 0 Å². The van der Waals surface area contributed by atoms with Gasteiger partial charge in [-0.15, -0.1) is 0 Å². The van der Waals surface area contributed by atoms with Gasteiger partial charge in [0, 0.05) is 42.1 Å². The maximum absolute atomic E-state index is 11.5. The van der Waals surface area contributed by atoms with Gasteiger partial charge < -0.3 is 30.5 Å². The van der Waals surface area contributed by atoms with Gasteiger partial charge in [0.25, 0.3) is 0 Å². The first kappa shape index (κ1) is 35.3. The summed E-state index contributed by atoms with van der Waals surface area (Å²) in [5.41, 5.74) is 6.32. The summed E-state index contributed by atoms with van der Waals surface area (Å²) in [5.74, 6) is -1.43. The van der Waals surface area contributed by atoms with Gasteiger partial charge in [-0.05, 0) is 19.3 Å². The van der Waals surface area contributed by atoms with Crippen LogP contribution in [0.4, 0.5) is 4.79 Å². The van der Waals surface area contributed by atoms with Crippen molar-refractivity contribution in [2.75, 3.05) is 0 Å². The molecule has 0 saturated carbocycles. The number of amides is 1. The van der Waals surface area contributed by atoms with Crippen molar-refractivity contribution in [1.82, 2.24) is 0 Å². The van der Waals surface area contributed by atoms with Gasteiger partial charge >= 0.3 is 12.1 Å². The second-order valence-electron chi connectivity index (χ2n) is 11.5. The predicted octanol–water partition coefficient (Wildman–Crippen LogP) is 4.86. The smallest absolute Gasteiger partial charge is 0.404 e. The van der Waals surface area contributed by atoms with Crippen LogP contribution in [0.1, 0.15) is 61.3 Å². The minimum Gasteiger partial charge on any atom is -0.458 e. The van der Waals surface area contributed by atoms with E-state index in [1.54, 1.807) is 30.4 Å². The van der Waals surface area contributed by atoms with Crippen LogP contribution in [-0.4, -0.2) is 57.9 Å². The fourth-order valence-corrected chi connectivity index (χ4v) is 5.27. The molecule has 0 saturated heterocycles.